The maximum Gasteiger partial charge on any atom is 0.205 e. The summed E-state index contributed by atoms with van der Waals surface area (Å²) < 4.78 is 2.05. The second-order valence-electron chi connectivity index (χ2n) is 5.04. The van der Waals surface area contributed by atoms with Gasteiger partial charge in [-0.15, -0.1) is 0 Å². The highest BCUT2D eigenvalue weighted by Gasteiger charge is 2.13. The summed E-state index contributed by atoms with van der Waals surface area (Å²) in [7, 11) is 0. The van der Waals surface area contributed by atoms with Crippen LogP contribution < -0.4 is 5.73 Å². The van der Waals surface area contributed by atoms with Gasteiger partial charge in [-0.25, -0.2) is 4.98 Å². The lowest BCUT2D eigenvalue weighted by atomic mass is 10.1. The average Bonchev–Trinajstić information content (AvgIpc) is 2.70. The number of imidazole rings is 1. The monoisotopic (exact) mass is 251 g/mol. The predicted molar refractivity (Wildman–Crippen MR) is 79.7 cm³/mol. The Hall–Kier alpha value is -2.29. The average molecular weight is 251 g/mol. The number of anilines is 1. The van der Waals surface area contributed by atoms with Crippen molar-refractivity contribution in [1.29, 1.82) is 0 Å². The molecule has 0 fully saturated rings. The topological polar surface area (TPSA) is 43.8 Å². The second-order valence-corrected chi connectivity index (χ2v) is 5.04. The molecule has 1 heterocycles. The Morgan fingerprint density at radius 2 is 1.79 bits per heavy atom. The molecule has 2 N–H and O–H groups in total. The van der Waals surface area contributed by atoms with Gasteiger partial charge in [0.25, 0.3) is 0 Å². The zero-order valence-electron chi connectivity index (χ0n) is 11.4. The quantitative estimate of drug-likeness (QED) is 0.719. The van der Waals surface area contributed by atoms with E-state index in [9.17, 15) is 0 Å². The number of fused-ring (bicyclic) bond motifs is 1. The van der Waals surface area contributed by atoms with E-state index in [0.29, 0.717) is 5.95 Å². The number of nitrogens with zero attached hydrogens (tertiary/aromatic N) is 2. The lowest BCUT2D eigenvalue weighted by Gasteiger charge is -2.12. The molecule has 3 nitrogen and oxygen atoms in total. The molecule has 0 radical (unpaired) electrons. The molecular weight excluding hydrogens is 234 g/mol. The molecular formula is C16H17N3. The van der Waals surface area contributed by atoms with Crippen LogP contribution >= 0.6 is 0 Å². The van der Waals surface area contributed by atoms with Crippen LogP contribution in [0.25, 0.3) is 16.7 Å². The van der Waals surface area contributed by atoms with Crippen LogP contribution in [0.2, 0.25) is 0 Å². The first-order chi connectivity index (χ1) is 9.08. The molecule has 19 heavy (non-hydrogen) atoms. The first-order valence-electron chi connectivity index (χ1n) is 6.39. The van der Waals surface area contributed by atoms with Crippen LogP contribution in [0, 0.1) is 20.8 Å². The first kappa shape index (κ1) is 11.8. The third kappa shape index (κ3) is 1.78. The molecule has 0 spiro atoms. The van der Waals surface area contributed by atoms with E-state index >= 15 is 0 Å². The Labute approximate surface area is 112 Å². The van der Waals surface area contributed by atoms with Gasteiger partial charge < -0.3 is 5.73 Å². The van der Waals surface area contributed by atoms with E-state index in [2.05, 4.69) is 50.0 Å². The Morgan fingerprint density at radius 1 is 1.00 bits per heavy atom. The zero-order chi connectivity index (χ0) is 13.6. The Kier molecular flexibility index (Phi) is 2.56. The van der Waals surface area contributed by atoms with Crippen molar-refractivity contribution in [1.82, 2.24) is 9.55 Å². The number of nitrogens with two attached hydrogens (primary N) is 1. The van der Waals surface area contributed by atoms with E-state index < -0.39 is 0 Å². The van der Waals surface area contributed by atoms with Crippen LogP contribution in [0.15, 0.2) is 36.4 Å². The fourth-order valence-corrected chi connectivity index (χ4v) is 2.52. The van der Waals surface area contributed by atoms with Gasteiger partial charge in [0.2, 0.25) is 5.95 Å². The van der Waals surface area contributed by atoms with Crippen LogP contribution in [0.3, 0.4) is 0 Å². The van der Waals surface area contributed by atoms with E-state index in [1.807, 2.05) is 16.7 Å². The number of aryl methyl sites for hydroxylation is 3. The smallest absolute Gasteiger partial charge is 0.205 e. The molecule has 3 aromatic rings. The highest BCUT2D eigenvalue weighted by molar-refractivity contribution is 5.84. The molecule has 0 aliphatic carbocycles. The third-order valence-electron chi connectivity index (χ3n) is 3.51. The van der Waals surface area contributed by atoms with Crippen LogP contribution in [0.5, 0.6) is 0 Å². The molecule has 0 aliphatic rings. The largest absolute Gasteiger partial charge is 0.369 e. The SMILES string of the molecule is Cc1ccc(C)c(-n2c(N)nc3cccc(C)c32)c1. The molecule has 3 heteroatoms. The molecule has 0 amide bonds. The van der Waals surface area contributed by atoms with Crippen molar-refractivity contribution in [3.05, 3.63) is 53.1 Å². The molecule has 2 aromatic carbocycles. The third-order valence-corrected chi connectivity index (χ3v) is 3.51. The van der Waals surface area contributed by atoms with Gasteiger partial charge >= 0.3 is 0 Å². The predicted octanol–water partition coefficient (Wildman–Crippen LogP) is 3.53. The van der Waals surface area contributed by atoms with Crippen LogP contribution in [0.1, 0.15) is 16.7 Å². The summed E-state index contributed by atoms with van der Waals surface area (Å²) in [5.74, 6) is 0.540. The van der Waals surface area contributed by atoms with E-state index in [1.165, 1.54) is 16.7 Å². The summed E-state index contributed by atoms with van der Waals surface area (Å²) >= 11 is 0. The summed E-state index contributed by atoms with van der Waals surface area (Å²) in [4.78, 5) is 4.46. The molecule has 0 saturated heterocycles. The summed E-state index contributed by atoms with van der Waals surface area (Å²) in [6.45, 7) is 6.27. The Morgan fingerprint density at radius 3 is 2.58 bits per heavy atom. The van der Waals surface area contributed by atoms with Gasteiger partial charge in [0.15, 0.2) is 0 Å². The number of aromatic nitrogens is 2. The standard InChI is InChI=1S/C16H17N3/c1-10-7-8-11(2)14(9-10)19-15-12(3)5-4-6-13(15)18-16(19)17/h4-9H,1-3H3,(H2,17,18). The van der Waals surface area contributed by atoms with Crippen molar-refractivity contribution < 1.29 is 0 Å². The lowest BCUT2D eigenvalue weighted by Crippen LogP contribution is -2.03. The first-order valence-corrected chi connectivity index (χ1v) is 6.39. The van der Waals surface area contributed by atoms with Gasteiger partial charge in [0, 0.05) is 0 Å². The Bertz CT molecular complexity index is 769. The maximum atomic E-state index is 6.13. The van der Waals surface area contributed by atoms with Gasteiger partial charge in [-0.05, 0) is 49.6 Å². The number of hydrogen-bond donors (Lipinski definition) is 1. The number of para-hydroxylation sites is 1. The van der Waals surface area contributed by atoms with Gasteiger partial charge in [0.05, 0.1) is 16.7 Å². The number of hydrogen-bond acceptors (Lipinski definition) is 2. The molecule has 0 unspecified atom stereocenters. The lowest BCUT2D eigenvalue weighted by molar-refractivity contribution is 1.08. The molecule has 3 rings (SSSR count). The van der Waals surface area contributed by atoms with Gasteiger partial charge in [-0.3, -0.25) is 4.57 Å². The number of benzene rings is 2. The number of rotatable bonds is 1. The van der Waals surface area contributed by atoms with Gasteiger partial charge in [-0.2, -0.15) is 0 Å². The van der Waals surface area contributed by atoms with Crippen molar-refractivity contribution in [2.45, 2.75) is 20.8 Å². The van der Waals surface area contributed by atoms with Crippen molar-refractivity contribution >= 4 is 17.0 Å². The summed E-state index contributed by atoms with van der Waals surface area (Å²) in [6.07, 6.45) is 0. The minimum absolute atomic E-state index is 0.540. The molecule has 96 valence electrons. The summed E-state index contributed by atoms with van der Waals surface area (Å²) in [5, 5.41) is 0. The van der Waals surface area contributed by atoms with Crippen LogP contribution in [0.4, 0.5) is 5.95 Å². The van der Waals surface area contributed by atoms with E-state index in [4.69, 9.17) is 5.73 Å². The summed E-state index contributed by atoms with van der Waals surface area (Å²) in [6, 6.07) is 12.5. The highest BCUT2D eigenvalue weighted by atomic mass is 15.2. The van der Waals surface area contributed by atoms with Crippen LogP contribution in [-0.4, -0.2) is 9.55 Å². The Balaban J connectivity index is 2.42. The van der Waals surface area contributed by atoms with Crippen molar-refractivity contribution in [2.24, 2.45) is 0 Å². The minimum Gasteiger partial charge on any atom is -0.369 e. The molecule has 0 bridgehead atoms. The molecule has 0 aliphatic heterocycles. The van der Waals surface area contributed by atoms with E-state index in [0.717, 1.165) is 16.7 Å². The van der Waals surface area contributed by atoms with Crippen molar-refractivity contribution in [3.63, 3.8) is 0 Å². The van der Waals surface area contributed by atoms with Gasteiger partial charge in [-0.1, -0.05) is 24.3 Å². The summed E-state index contributed by atoms with van der Waals surface area (Å²) in [5.41, 5.74) is 12.9. The second kappa shape index (κ2) is 4.12. The fourth-order valence-electron chi connectivity index (χ4n) is 2.52. The van der Waals surface area contributed by atoms with Gasteiger partial charge in [0.1, 0.15) is 0 Å². The molecule has 1 aromatic heterocycles. The normalized spacial score (nSPS) is 11.1. The molecule has 0 saturated carbocycles. The molecule has 0 atom stereocenters. The van der Waals surface area contributed by atoms with E-state index in [1.54, 1.807) is 0 Å². The zero-order valence-corrected chi connectivity index (χ0v) is 11.4. The minimum atomic E-state index is 0.540. The van der Waals surface area contributed by atoms with Crippen molar-refractivity contribution in [3.8, 4) is 5.69 Å². The fraction of sp³-hybridized carbons (Fsp3) is 0.188. The van der Waals surface area contributed by atoms with E-state index in [-0.39, 0.29) is 0 Å². The maximum absolute atomic E-state index is 6.13. The van der Waals surface area contributed by atoms with Crippen LogP contribution in [-0.2, 0) is 0 Å². The van der Waals surface area contributed by atoms with Crippen molar-refractivity contribution in [2.75, 3.05) is 5.73 Å². The number of nitrogen functional groups attached to an aromatic ring is 1. The highest BCUT2D eigenvalue weighted by Crippen LogP contribution is 2.27.